The van der Waals surface area contributed by atoms with Gasteiger partial charge in [0.2, 0.25) is 0 Å². The Hall–Kier alpha value is -3.20. The van der Waals surface area contributed by atoms with E-state index in [-0.39, 0.29) is 5.69 Å². The van der Waals surface area contributed by atoms with Gasteiger partial charge in [-0.3, -0.25) is 4.79 Å². The lowest BCUT2D eigenvalue weighted by Gasteiger charge is -2.05. The molecule has 3 rings (SSSR count). The number of benzene rings is 2. The number of rotatable bonds is 2. The van der Waals surface area contributed by atoms with E-state index in [1.165, 1.54) is 18.2 Å². The highest BCUT2D eigenvalue weighted by Gasteiger charge is 2.13. The Morgan fingerprint density at radius 2 is 1.91 bits per heavy atom. The lowest BCUT2D eigenvalue weighted by Crippen LogP contribution is -2.10. The molecular weight excluding hydrogens is 288 g/mol. The number of nitrogens with zero attached hydrogens (tertiary/aromatic N) is 1. The number of nitrogens with one attached hydrogen (secondary N) is 1. The SMILES string of the molecule is N#Cc1cc(-c2ccc(F)c(F)c2)c2[nH]c(C(N)=O)cc2c1. The Balaban J connectivity index is 2.33. The third kappa shape index (κ3) is 2.19. The Bertz CT molecular complexity index is 954. The molecule has 0 saturated carbocycles. The molecule has 0 saturated heterocycles. The number of aromatic nitrogens is 1. The zero-order chi connectivity index (χ0) is 15.9. The third-order valence-electron chi connectivity index (χ3n) is 3.35. The molecule has 0 spiro atoms. The standard InChI is InChI=1S/C16H9F2N3O/c17-12-2-1-9(5-13(12)18)11-4-8(7-19)3-10-6-14(16(20)22)21-15(10)11/h1-6,21H,(H2,20,22). The topological polar surface area (TPSA) is 82.7 Å². The highest BCUT2D eigenvalue weighted by molar-refractivity contribution is 6.02. The van der Waals surface area contributed by atoms with Crippen LogP contribution in [0.3, 0.4) is 0 Å². The molecule has 3 N–H and O–H groups in total. The average Bonchev–Trinajstić information content (AvgIpc) is 2.93. The van der Waals surface area contributed by atoms with Gasteiger partial charge in [0.25, 0.3) is 5.91 Å². The summed E-state index contributed by atoms with van der Waals surface area (Å²) in [5, 5.41) is 9.69. The van der Waals surface area contributed by atoms with E-state index in [0.717, 1.165) is 12.1 Å². The van der Waals surface area contributed by atoms with Gasteiger partial charge in [-0.15, -0.1) is 0 Å². The van der Waals surface area contributed by atoms with Crippen molar-refractivity contribution in [2.75, 3.05) is 0 Å². The number of hydrogen-bond donors (Lipinski definition) is 2. The molecule has 0 aliphatic rings. The molecule has 4 nitrogen and oxygen atoms in total. The number of H-pyrrole nitrogens is 1. The first kappa shape index (κ1) is 13.8. The maximum Gasteiger partial charge on any atom is 0.265 e. The van der Waals surface area contributed by atoms with Crippen molar-refractivity contribution >= 4 is 16.8 Å². The highest BCUT2D eigenvalue weighted by atomic mass is 19.2. The molecule has 1 heterocycles. The fraction of sp³-hybridized carbons (Fsp3) is 0. The van der Waals surface area contributed by atoms with Gasteiger partial charge in [0, 0.05) is 10.9 Å². The Kier molecular flexibility index (Phi) is 3.11. The van der Waals surface area contributed by atoms with Crippen molar-refractivity contribution in [2.24, 2.45) is 5.73 Å². The van der Waals surface area contributed by atoms with Crippen LogP contribution in [0.4, 0.5) is 8.78 Å². The van der Waals surface area contributed by atoms with E-state index in [0.29, 0.717) is 27.6 Å². The molecule has 0 radical (unpaired) electrons. The molecule has 0 aliphatic heterocycles. The molecule has 3 aromatic rings. The van der Waals surface area contributed by atoms with Crippen LogP contribution in [0.1, 0.15) is 16.1 Å². The molecule has 1 amide bonds. The van der Waals surface area contributed by atoms with Crippen LogP contribution in [0.15, 0.2) is 36.4 Å². The Morgan fingerprint density at radius 3 is 2.55 bits per heavy atom. The summed E-state index contributed by atoms with van der Waals surface area (Å²) in [5.74, 6) is -2.60. The summed E-state index contributed by atoms with van der Waals surface area (Å²) < 4.78 is 26.5. The predicted octanol–water partition coefficient (Wildman–Crippen LogP) is 3.08. The summed E-state index contributed by atoms with van der Waals surface area (Å²) in [7, 11) is 0. The zero-order valence-electron chi connectivity index (χ0n) is 11.2. The summed E-state index contributed by atoms with van der Waals surface area (Å²) in [6.45, 7) is 0. The van der Waals surface area contributed by atoms with E-state index in [1.54, 1.807) is 6.07 Å². The minimum Gasteiger partial charge on any atom is -0.364 e. The second-order valence-electron chi connectivity index (χ2n) is 4.78. The number of carbonyl (C=O) groups excluding carboxylic acids is 1. The molecule has 0 fully saturated rings. The molecule has 1 aromatic heterocycles. The fourth-order valence-electron chi connectivity index (χ4n) is 2.33. The van der Waals surface area contributed by atoms with Crippen LogP contribution >= 0.6 is 0 Å². The zero-order valence-corrected chi connectivity index (χ0v) is 11.2. The van der Waals surface area contributed by atoms with Crippen LogP contribution in [0.25, 0.3) is 22.0 Å². The van der Waals surface area contributed by atoms with Gasteiger partial charge < -0.3 is 10.7 Å². The van der Waals surface area contributed by atoms with Crippen molar-refractivity contribution in [1.29, 1.82) is 5.26 Å². The molecule has 22 heavy (non-hydrogen) atoms. The third-order valence-corrected chi connectivity index (χ3v) is 3.35. The van der Waals surface area contributed by atoms with Crippen LogP contribution < -0.4 is 5.73 Å². The van der Waals surface area contributed by atoms with Crippen molar-refractivity contribution in [3.05, 3.63) is 59.3 Å². The van der Waals surface area contributed by atoms with Gasteiger partial charge in [-0.25, -0.2) is 8.78 Å². The van der Waals surface area contributed by atoms with Gasteiger partial charge >= 0.3 is 0 Å². The van der Waals surface area contributed by atoms with Crippen LogP contribution in [0.5, 0.6) is 0 Å². The number of hydrogen-bond acceptors (Lipinski definition) is 2. The van der Waals surface area contributed by atoms with Gasteiger partial charge in [-0.2, -0.15) is 5.26 Å². The normalized spacial score (nSPS) is 10.6. The van der Waals surface area contributed by atoms with E-state index < -0.39 is 17.5 Å². The Labute approximate surface area is 123 Å². The molecule has 0 unspecified atom stereocenters. The molecule has 0 aliphatic carbocycles. The minimum atomic E-state index is -0.991. The number of nitriles is 1. The average molecular weight is 297 g/mol. The van der Waals surface area contributed by atoms with Crippen LogP contribution in [0.2, 0.25) is 0 Å². The van der Waals surface area contributed by atoms with Crippen molar-refractivity contribution in [1.82, 2.24) is 4.98 Å². The first-order valence-corrected chi connectivity index (χ1v) is 6.31. The summed E-state index contributed by atoms with van der Waals surface area (Å²) >= 11 is 0. The smallest absolute Gasteiger partial charge is 0.265 e. The number of halogens is 2. The predicted molar refractivity (Wildman–Crippen MR) is 76.9 cm³/mol. The number of nitrogens with two attached hydrogens (primary N) is 1. The van der Waals surface area contributed by atoms with Gasteiger partial charge in [0.1, 0.15) is 5.69 Å². The van der Waals surface area contributed by atoms with E-state index >= 15 is 0 Å². The van der Waals surface area contributed by atoms with Crippen LogP contribution in [-0.4, -0.2) is 10.9 Å². The van der Waals surface area contributed by atoms with E-state index in [2.05, 4.69) is 4.98 Å². The number of fused-ring (bicyclic) bond motifs is 1. The summed E-state index contributed by atoms with van der Waals surface area (Å²) in [6.07, 6.45) is 0. The molecule has 2 aromatic carbocycles. The quantitative estimate of drug-likeness (QED) is 0.762. The second-order valence-corrected chi connectivity index (χ2v) is 4.78. The van der Waals surface area contributed by atoms with Crippen molar-refractivity contribution in [3.63, 3.8) is 0 Å². The first-order chi connectivity index (χ1) is 10.5. The number of aromatic amines is 1. The maximum absolute atomic E-state index is 13.5. The summed E-state index contributed by atoms with van der Waals surface area (Å²) in [6, 6.07) is 10.1. The molecule has 0 atom stereocenters. The van der Waals surface area contributed by atoms with Crippen molar-refractivity contribution < 1.29 is 13.6 Å². The van der Waals surface area contributed by atoms with E-state index in [9.17, 15) is 13.6 Å². The highest BCUT2D eigenvalue weighted by Crippen LogP contribution is 2.31. The van der Waals surface area contributed by atoms with Gasteiger partial charge in [0.05, 0.1) is 17.1 Å². The van der Waals surface area contributed by atoms with E-state index in [1.807, 2.05) is 6.07 Å². The number of carbonyl (C=O) groups is 1. The molecule has 6 heteroatoms. The molecular formula is C16H9F2N3O. The second kappa shape index (κ2) is 4.97. The molecule has 0 bridgehead atoms. The fourth-order valence-corrected chi connectivity index (χ4v) is 2.33. The lowest BCUT2D eigenvalue weighted by molar-refractivity contribution is 0.0996. The van der Waals surface area contributed by atoms with Gasteiger partial charge in [-0.05, 0) is 35.9 Å². The lowest BCUT2D eigenvalue weighted by atomic mass is 10.00. The molecule has 108 valence electrons. The number of amides is 1. The number of primary amides is 1. The first-order valence-electron chi connectivity index (χ1n) is 6.31. The van der Waals surface area contributed by atoms with Crippen molar-refractivity contribution in [2.45, 2.75) is 0 Å². The van der Waals surface area contributed by atoms with Crippen LogP contribution in [-0.2, 0) is 0 Å². The largest absolute Gasteiger partial charge is 0.364 e. The van der Waals surface area contributed by atoms with E-state index in [4.69, 9.17) is 11.0 Å². The minimum absolute atomic E-state index is 0.175. The Morgan fingerprint density at radius 1 is 1.14 bits per heavy atom. The van der Waals surface area contributed by atoms with Gasteiger partial charge in [0.15, 0.2) is 11.6 Å². The maximum atomic E-state index is 13.5. The van der Waals surface area contributed by atoms with Crippen LogP contribution in [0, 0.1) is 23.0 Å². The summed E-state index contributed by atoms with van der Waals surface area (Å²) in [5.41, 5.74) is 7.15. The summed E-state index contributed by atoms with van der Waals surface area (Å²) in [4.78, 5) is 14.1. The van der Waals surface area contributed by atoms with Crippen molar-refractivity contribution in [3.8, 4) is 17.2 Å². The monoisotopic (exact) mass is 297 g/mol. The van der Waals surface area contributed by atoms with Gasteiger partial charge in [-0.1, -0.05) is 6.07 Å².